The van der Waals surface area contributed by atoms with Gasteiger partial charge in [0.25, 0.3) is 0 Å². The van der Waals surface area contributed by atoms with Gasteiger partial charge in [-0.15, -0.1) is 0 Å². The minimum absolute atomic E-state index is 0.335. The van der Waals surface area contributed by atoms with Crippen LogP contribution >= 0.6 is 0 Å². The normalized spacial score (nSPS) is 27.4. The van der Waals surface area contributed by atoms with Gasteiger partial charge >= 0.3 is 0 Å². The van der Waals surface area contributed by atoms with Crippen LogP contribution in [-0.2, 0) is 0 Å². The first kappa shape index (κ1) is 15.0. The summed E-state index contributed by atoms with van der Waals surface area (Å²) in [5, 5.41) is 16.0. The maximum absolute atomic E-state index is 10.2. The van der Waals surface area contributed by atoms with Crippen LogP contribution in [0.25, 0.3) is 10.8 Å². The van der Waals surface area contributed by atoms with E-state index in [1.54, 1.807) is 0 Å². The second-order valence-corrected chi connectivity index (χ2v) is 7.13. The number of rotatable bonds is 6. The van der Waals surface area contributed by atoms with E-state index in [2.05, 4.69) is 23.5 Å². The van der Waals surface area contributed by atoms with Crippen molar-refractivity contribution in [3.05, 3.63) is 42.5 Å². The van der Waals surface area contributed by atoms with Crippen molar-refractivity contribution in [3.63, 3.8) is 0 Å². The van der Waals surface area contributed by atoms with Crippen LogP contribution in [0.3, 0.4) is 0 Å². The predicted octanol–water partition coefficient (Wildman–Crippen LogP) is 3.36. The molecule has 2 aliphatic rings. The Bertz CT molecular complexity index is 666. The number of hydrogen-bond donors (Lipinski definition) is 2. The van der Waals surface area contributed by atoms with Gasteiger partial charge in [0, 0.05) is 18.0 Å². The Kier molecular flexibility index (Phi) is 4.23. The van der Waals surface area contributed by atoms with Gasteiger partial charge < -0.3 is 15.2 Å². The van der Waals surface area contributed by atoms with Crippen LogP contribution in [0, 0.1) is 11.8 Å². The average Bonchev–Trinajstić information content (AvgIpc) is 3.21. The fourth-order valence-corrected chi connectivity index (χ4v) is 4.35. The maximum Gasteiger partial charge on any atom is 0.127 e. The Labute approximate surface area is 137 Å². The number of fused-ring (bicyclic) bond motifs is 3. The van der Waals surface area contributed by atoms with Crippen molar-refractivity contribution in [2.75, 3.05) is 13.2 Å². The predicted molar refractivity (Wildman–Crippen MR) is 92.7 cm³/mol. The molecule has 122 valence electrons. The van der Waals surface area contributed by atoms with E-state index in [1.165, 1.54) is 31.1 Å². The fraction of sp³-hybridized carbons (Fsp3) is 0.500. The highest BCUT2D eigenvalue weighted by Gasteiger charge is 2.39. The summed E-state index contributed by atoms with van der Waals surface area (Å²) in [4.78, 5) is 0. The number of benzene rings is 2. The van der Waals surface area contributed by atoms with E-state index in [-0.39, 0.29) is 0 Å². The molecular weight excluding hydrogens is 286 g/mol. The summed E-state index contributed by atoms with van der Waals surface area (Å²) in [6.07, 6.45) is 5.00. The lowest BCUT2D eigenvalue weighted by Crippen LogP contribution is -2.40. The zero-order chi connectivity index (χ0) is 15.6. The lowest BCUT2D eigenvalue weighted by molar-refractivity contribution is 0.102. The van der Waals surface area contributed by atoms with Crippen molar-refractivity contribution >= 4 is 10.8 Å². The van der Waals surface area contributed by atoms with Gasteiger partial charge in [0.15, 0.2) is 0 Å². The van der Waals surface area contributed by atoms with E-state index in [0.717, 1.165) is 23.0 Å². The SMILES string of the molecule is O[C@@H](CN[C@H]1C[C@@H]2CC[C@@H]1C2)COc1cccc2ccccc12. The third-order valence-corrected chi connectivity index (χ3v) is 5.53. The van der Waals surface area contributed by atoms with Crippen molar-refractivity contribution in [2.24, 2.45) is 11.8 Å². The van der Waals surface area contributed by atoms with Gasteiger partial charge in [-0.3, -0.25) is 0 Å². The van der Waals surface area contributed by atoms with Crippen molar-refractivity contribution in [1.29, 1.82) is 0 Å². The second kappa shape index (κ2) is 6.50. The number of aliphatic hydroxyl groups excluding tert-OH is 1. The van der Waals surface area contributed by atoms with Gasteiger partial charge in [0.1, 0.15) is 18.5 Å². The summed E-state index contributed by atoms with van der Waals surface area (Å²) in [7, 11) is 0. The Morgan fingerprint density at radius 1 is 1.09 bits per heavy atom. The summed E-state index contributed by atoms with van der Waals surface area (Å²) in [5.41, 5.74) is 0. The molecule has 2 aromatic rings. The van der Waals surface area contributed by atoms with E-state index < -0.39 is 6.10 Å². The Morgan fingerprint density at radius 2 is 1.96 bits per heavy atom. The highest BCUT2D eigenvalue weighted by atomic mass is 16.5. The van der Waals surface area contributed by atoms with E-state index in [1.807, 2.05) is 24.3 Å². The van der Waals surface area contributed by atoms with Gasteiger partial charge in [-0.1, -0.05) is 42.8 Å². The van der Waals surface area contributed by atoms with Crippen molar-refractivity contribution in [2.45, 2.75) is 37.8 Å². The first-order valence-electron chi connectivity index (χ1n) is 8.81. The molecule has 2 fully saturated rings. The summed E-state index contributed by atoms with van der Waals surface area (Å²) in [6.45, 7) is 0.959. The minimum Gasteiger partial charge on any atom is -0.490 e. The monoisotopic (exact) mass is 311 g/mol. The molecule has 0 saturated heterocycles. The smallest absolute Gasteiger partial charge is 0.127 e. The number of hydrogen-bond acceptors (Lipinski definition) is 3. The van der Waals surface area contributed by atoms with Gasteiger partial charge in [-0.25, -0.2) is 0 Å². The molecular formula is C20H25NO2. The lowest BCUT2D eigenvalue weighted by Gasteiger charge is -2.24. The van der Waals surface area contributed by atoms with E-state index in [4.69, 9.17) is 4.74 Å². The molecule has 0 spiro atoms. The van der Waals surface area contributed by atoms with Gasteiger partial charge in [0.05, 0.1) is 0 Å². The zero-order valence-corrected chi connectivity index (χ0v) is 13.4. The summed E-state index contributed by atoms with van der Waals surface area (Å²) in [5.74, 6) is 2.62. The molecule has 0 amide bonds. The van der Waals surface area contributed by atoms with Gasteiger partial charge in [-0.2, -0.15) is 0 Å². The van der Waals surface area contributed by atoms with Gasteiger partial charge in [0.2, 0.25) is 0 Å². The standard InChI is InChI=1S/C20H25NO2/c22-17(12-21-19-11-14-8-9-16(19)10-14)13-23-20-7-3-5-15-4-1-2-6-18(15)20/h1-7,14,16-17,19,21-22H,8-13H2/t14-,16-,17+,19+/m1/s1. The number of aliphatic hydroxyl groups is 1. The van der Waals surface area contributed by atoms with Crippen LogP contribution in [-0.4, -0.2) is 30.4 Å². The van der Waals surface area contributed by atoms with E-state index in [9.17, 15) is 5.11 Å². The maximum atomic E-state index is 10.2. The second-order valence-electron chi connectivity index (χ2n) is 7.13. The quantitative estimate of drug-likeness (QED) is 0.859. The molecule has 4 rings (SSSR count). The zero-order valence-electron chi connectivity index (χ0n) is 13.4. The molecule has 0 aromatic heterocycles. The van der Waals surface area contributed by atoms with Crippen molar-refractivity contribution in [3.8, 4) is 5.75 Å². The molecule has 2 aromatic carbocycles. The molecule has 0 aliphatic heterocycles. The molecule has 3 heteroatoms. The van der Waals surface area contributed by atoms with Gasteiger partial charge in [-0.05, 0) is 42.6 Å². The van der Waals surface area contributed by atoms with Crippen LogP contribution < -0.4 is 10.1 Å². The molecule has 2 saturated carbocycles. The first-order valence-corrected chi connectivity index (χ1v) is 8.81. The minimum atomic E-state index is -0.465. The summed E-state index contributed by atoms with van der Waals surface area (Å²) >= 11 is 0. The van der Waals surface area contributed by atoms with Crippen LogP contribution in [0.1, 0.15) is 25.7 Å². The third-order valence-electron chi connectivity index (χ3n) is 5.53. The van der Waals surface area contributed by atoms with Crippen molar-refractivity contribution < 1.29 is 9.84 Å². The van der Waals surface area contributed by atoms with E-state index in [0.29, 0.717) is 19.2 Å². The molecule has 2 N–H and O–H groups in total. The largest absolute Gasteiger partial charge is 0.490 e. The Morgan fingerprint density at radius 3 is 2.78 bits per heavy atom. The molecule has 0 radical (unpaired) electrons. The average molecular weight is 311 g/mol. The molecule has 3 nitrogen and oxygen atoms in total. The molecule has 2 bridgehead atoms. The molecule has 0 heterocycles. The van der Waals surface area contributed by atoms with Crippen LogP contribution in [0.4, 0.5) is 0 Å². The first-order chi connectivity index (χ1) is 11.3. The number of ether oxygens (including phenoxy) is 1. The number of nitrogens with one attached hydrogen (secondary N) is 1. The summed E-state index contributed by atoms with van der Waals surface area (Å²) in [6, 6.07) is 14.8. The summed E-state index contributed by atoms with van der Waals surface area (Å²) < 4.78 is 5.87. The van der Waals surface area contributed by atoms with Crippen LogP contribution in [0.15, 0.2) is 42.5 Å². The Hall–Kier alpha value is -1.58. The highest BCUT2D eigenvalue weighted by molar-refractivity contribution is 5.88. The third kappa shape index (κ3) is 3.22. The highest BCUT2D eigenvalue weighted by Crippen LogP contribution is 2.44. The molecule has 0 unspecified atom stereocenters. The topological polar surface area (TPSA) is 41.5 Å². The van der Waals surface area contributed by atoms with Crippen molar-refractivity contribution in [1.82, 2.24) is 5.32 Å². The molecule has 23 heavy (non-hydrogen) atoms. The van der Waals surface area contributed by atoms with Crippen LogP contribution in [0.5, 0.6) is 5.75 Å². The fourth-order valence-electron chi connectivity index (χ4n) is 4.35. The Balaban J connectivity index is 1.30. The molecule has 4 atom stereocenters. The van der Waals surface area contributed by atoms with E-state index >= 15 is 0 Å². The van der Waals surface area contributed by atoms with Crippen LogP contribution in [0.2, 0.25) is 0 Å². The molecule has 2 aliphatic carbocycles. The lowest BCUT2D eigenvalue weighted by atomic mass is 9.95.